The van der Waals surface area contributed by atoms with Gasteiger partial charge in [0.15, 0.2) is 5.76 Å². The van der Waals surface area contributed by atoms with Crippen LogP contribution in [0.2, 0.25) is 0 Å². The molecule has 138 valence electrons. The van der Waals surface area contributed by atoms with Gasteiger partial charge >= 0.3 is 5.97 Å². The number of benzene rings is 2. The van der Waals surface area contributed by atoms with E-state index in [4.69, 9.17) is 9.47 Å². The number of hydrogen-bond acceptors (Lipinski definition) is 5. The molecule has 5 heteroatoms. The summed E-state index contributed by atoms with van der Waals surface area (Å²) in [5.41, 5.74) is 3.42. The Morgan fingerprint density at radius 3 is 2.54 bits per heavy atom. The van der Waals surface area contributed by atoms with Gasteiger partial charge in [-0.1, -0.05) is 24.3 Å². The van der Waals surface area contributed by atoms with Gasteiger partial charge in [0.25, 0.3) is 0 Å². The normalized spacial score (nSPS) is 13.9. The minimum Gasteiger partial charge on any atom is -0.452 e. The van der Waals surface area contributed by atoms with Crippen LogP contribution < -0.4 is 9.47 Å². The largest absolute Gasteiger partial charge is 0.452 e. The quantitative estimate of drug-likeness (QED) is 0.384. The number of nitrogens with zero attached hydrogens (tertiary/aromatic N) is 1. The van der Waals surface area contributed by atoms with Crippen molar-refractivity contribution >= 4 is 17.8 Å². The fraction of sp³-hybridized carbons (Fsp3) is 0.0870. The molecule has 1 aliphatic heterocycles. The second-order valence-electron chi connectivity index (χ2n) is 6.49. The molecule has 0 fully saturated rings. The summed E-state index contributed by atoms with van der Waals surface area (Å²) in [5, 5.41) is 0. The Kier molecular flexibility index (Phi) is 4.49. The van der Waals surface area contributed by atoms with Crippen molar-refractivity contribution in [2.75, 3.05) is 0 Å². The standard InChI is InChI=1S/C23H17NO4/c1-14-5-3-4-6-17(14)13-20-21(25)18-7-8-19(15(2)22(18)27-20)28-23(26)16-9-11-24-12-10-16/h3-13H,1-2H3/b20-13-. The predicted octanol–water partition coefficient (Wildman–Crippen LogP) is 4.53. The van der Waals surface area contributed by atoms with Gasteiger partial charge in [0.2, 0.25) is 5.78 Å². The first kappa shape index (κ1) is 17.7. The molecule has 3 aromatic rings. The number of ether oxygens (including phenoxy) is 2. The van der Waals surface area contributed by atoms with Crippen molar-refractivity contribution in [2.24, 2.45) is 0 Å². The molecule has 2 heterocycles. The Labute approximate surface area is 162 Å². The zero-order valence-electron chi connectivity index (χ0n) is 15.4. The maximum atomic E-state index is 12.7. The van der Waals surface area contributed by atoms with Crippen molar-refractivity contribution in [3.05, 3.63) is 94.5 Å². The number of rotatable bonds is 3. The van der Waals surface area contributed by atoms with Crippen molar-refractivity contribution in [1.29, 1.82) is 0 Å². The summed E-state index contributed by atoms with van der Waals surface area (Å²) >= 11 is 0. The van der Waals surface area contributed by atoms with Crippen molar-refractivity contribution in [2.45, 2.75) is 13.8 Å². The number of pyridine rings is 1. The Hall–Kier alpha value is -3.73. The number of esters is 1. The lowest BCUT2D eigenvalue weighted by atomic mass is 10.0. The first-order valence-corrected chi connectivity index (χ1v) is 8.80. The van der Waals surface area contributed by atoms with Crippen LogP contribution in [0.1, 0.15) is 37.4 Å². The van der Waals surface area contributed by atoms with Crippen LogP contribution in [-0.2, 0) is 0 Å². The highest BCUT2D eigenvalue weighted by atomic mass is 16.5. The van der Waals surface area contributed by atoms with Gasteiger partial charge in [-0.2, -0.15) is 0 Å². The lowest BCUT2D eigenvalue weighted by molar-refractivity contribution is 0.0733. The summed E-state index contributed by atoms with van der Waals surface area (Å²) in [5.74, 6) is 0.346. The van der Waals surface area contributed by atoms with E-state index in [1.54, 1.807) is 37.3 Å². The van der Waals surface area contributed by atoms with E-state index in [0.717, 1.165) is 11.1 Å². The van der Waals surface area contributed by atoms with Gasteiger partial charge < -0.3 is 9.47 Å². The van der Waals surface area contributed by atoms with E-state index < -0.39 is 5.97 Å². The van der Waals surface area contributed by atoms with E-state index in [1.165, 1.54) is 12.4 Å². The molecule has 0 radical (unpaired) electrons. The van der Waals surface area contributed by atoms with E-state index in [-0.39, 0.29) is 11.5 Å². The molecule has 0 bridgehead atoms. The van der Waals surface area contributed by atoms with Crippen LogP contribution in [0, 0.1) is 13.8 Å². The third-order valence-electron chi connectivity index (χ3n) is 4.63. The van der Waals surface area contributed by atoms with Crippen LogP contribution in [0.4, 0.5) is 0 Å². The van der Waals surface area contributed by atoms with Crippen LogP contribution in [0.15, 0.2) is 66.7 Å². The SMILES string of the molecule is Cc1ccccc1/C=C1\Oc2c(ccc(OC(=O)c3ccncc3)c2C)C1=O. The predicted molar refractivity (Wildman–Crippen MR) is 104 cm³/mol. The third kappa shape index (κ3) is 3.18. The van der Waals surface area contributed by atoms with E-state index in [1.807, 2.05) is 31.2 Å². The highest BCUT2D eigenvalue weighted by molar-refractivity contribution is 6.15. The smallest absolute Gasteiger partial charge is 0.343 e. The van der Waals surface area contributed by atoms with Gasteiger partial charge in [-0.15, -0.1) is 0 Å². The molecule has 5 nitrogen and oxygen atoms in total. The molecule has 1 aromatic heterocycles. The Bertz CT molecular complexity index is 1120. The number of carbonyl (C=O) groups is 2. The van der Waals surface area contributed by atoms with Gasteiger partial charge in [-0.25, -0.2) is 4.79 Å². The van der Waals surface area contributed by atoms with Gasteiger partial charge in [0.05, 0.1) is 11.1 Å². The maximum Gasteiger partial charge on any atom is 0.343 e. The minimum absolute atomic E-state index is 0.187. The molecular formula is C23H17NO4. The van der Waals surface area contributed by atoms with Gasteiger partial charge in [-0.3, -0.25) is 9.78 Å². The third-order valence-corrected chi connectivity index (χ3v) is 4.63. The molecule has 0 spiro atoms. The topological polar surface area (TPSA) is 65.5 Å². The summed E-state index contributed by atoms with van der Waals surface area (Å²) in [4.78, 5) is 28.9. The van der Waals surface area contributed by atoms with E-state index in [2.05, 4.69) is 4.98 Å². The number of ketones is 1. The number of carbonyl (C=O) groups excluding carboxylic acids is 2. The minimum atomic E-state index is -0.495. The van der Waals surface area contributed by atoms with Gasteiger partial charge in [0, 0.05) is 18.0 Å². The lowest BCUT2D eigenvalue weighted by Gasteiger charge is -2.10. The van der Waals surface area contributed by atoms with Gasteiger partial charge in [0.1, 0.15) is 11.5 Å². The van der Waals surface area contributed by atoms with Crippen molar-refractivity contribution in [3.8, 4) is 11.5 Å². The first-order chi connectivity index (χ1) is 13.5. The summed E-state index contributed by atoms with van der Waals surface area (Å²) in [6.07, 6.45) is 4.78. The van der Waals surface area contributed by atoms with Crippen LogP contribution >= 0.6 is 0 Å². The molecule has 1 aliphatic rings. The molecule has 0 amide bonds. The summed E-state index contributed by atoms with van der Waals surface area (Å²) in [7, 11) is 0. The number of aromatic nitrogens is 1. The maximum absolute atomic E-state index is 12.7. The number of aryl methyl sites for hydroxylation is 1. The summed E-state index contributed by atoms with van der Waals surface area (Å²) in [6.45, 7) is 3.73. The molecular weight excluding hydrogens is 354 g/mol. The Morgan fingerprint density at radius 2 is 1.79 bits per heavy atom. The summed E-state index contributed by atoms with van der Waals surface area (Å²) in [6, 6.07) is 14.1. The zero-order valence-corrected chi connectivity index (χ0v) is 15.4. The van der Waals surface area contributed by atoms with Crippen LogP contribution in [0.3, 0.4) is 0 Å². The Balaban J connectivity index is 1.64. The van der Waals surface area contributed by atoms with Crippen LogP contribution in [0.25, 0.3) is 6.08 Å². The van der Waals surface area contributed by atoms with E-state index in [9.17, 15) is 9.59 Å². The second kappa shape index (κ2) is 7.12. The molecule has 0 saturated heterocycles. The average molecular weight is 371 g/mol. The molecule has 0 saturated carbocycles. The highest BCUT2D eigenvalue weighted by Gasteiger charge is 2.30. The van der Waals surface area contributed by atoms with Crippen LogP contribution in [-0.4, -0.2) is 16.7 Å². The van der Waals surface area contributed by atoms with E-state index >= 15 is 0 Å². The molecule has 0 aliphatic carbocycles. The Morgan fingerprint density at radius 1 is 1.04 bits per heavy atom. The molecule has 4 rings (SSSR count). The highest BCUT2D eigenvalue weighted by Crippen LogP contribution is 2.39. The average Bonchev–Trinajstić information content (AvgIpc) is 3.03. The lowest BCUT2D eigenvalue weighted by Crippen LogP contribution is -2.09. The fourth-order valence-electron chi connectivity index (χ4n) is 3.02. The molecule has 0 unspecified atom stereocenters. The molecule has 0 atom stereocenters. The molecule has 2 aromatic carbocycles. The van der Waals surface area contributed by atoms with Crippen molar-refractivity contribution < 1.29 is 19.1 Å². The number of fused-ring (bicyclic) bond motifs is 1. The number of Topliss-reactive ketones (excluding diaryl/α,β-unsaturated/α-hetero) is 1. The zero-order chi connectivity index (χ0) is 19.7. The fourth-order valence-corrected chi connectivity index (χ4v) is 3.02. The van der Waals surface area contributed by atoms with Gasteiger partial charge in [-0.05, 0) is 55.3 Å². The molecule has 0 N–H and O–H groups in total. The monoisotopic (exact) mass is 371 g/mol. The van der Waals surface area contributed by atoms with Crippen molar-refractivity contribution in [1.82, 2.24) is 4.98 Å². The molecule has 28 heavy (non-hydrogen) atoms. The number of hydrogen-bond donors (Lipinski definition) is 0. The first-order valence-electron chi connectivity index (χ1n) is 8.80. The van der Waals surface area contributed by atoms with Crippen molar-refractivity contribution in [3.63, 3.8) is 0 Å². The van der Waals surface area contributed by atoms with Crippen LogP contribution in [0.5, 0.6) is 11.5 Å². The number of allylic oxidation sites excluding steroid dienone is 1. The summed E-state index contributed by atoms with van der Waals surface area (Å²) < 4.78 is 11.3. The second-order valence-corrected chi connectivity index (χ2v) is 6.49. The van der Waals surface area contributed by atoms with E-state index in [0.29, 0.717) is 28.2 Å².